The molecule has 0 saturated carbocycles. The van der Waals surface area contributed by atoms with Crippen molar-refractivity contribution in [3.05, 3.63) is 0 Å². The Hall–Kier alpha value is -0.610. The maximum absolute atomic E-state index is 11.6. The van der Waals surface area contributed by atoms with Crippen LogP contribution in [-0.4, -0.2) is 31.1 Å². The molecule has 0 aliphatic heterocycles. The normalized spacial score (nSPS) is 11.4. The van der Waals surface area contributed by atoms with Crippen LogP contribution < -0.4 is 16.4 Å². The number of hydrogen-bond acceptors (Lipinski definition) is 3. The molecule has 4 nitrogen and oxygen atoms in total. The lowest BCUT2D eigenvalue weighted by molar-refractivity contribution is -0.126. The van der Waals surface area contributed by atoms with E-state index in [1.165, 1.54) is 0 Å². The van der Waals surface area contributed by atoms with Crippen molar-refractivity contribution in [3.63, 3.8) is 0 Å². The predicted octanol–water partition coefficient (Wildman–Crippen LogP) is 0.230. The van der Waals surface area contributed by atoms with Gasteiger partial charge in [0.2, 0.25) is 5.91 Å². The summed E-state index contributed by atoms with van der Waals surface area (Å²) in [4.78, 5) is 11.6. The number of nitrogens with two attached hydrogens (primary N) is 1. The van der Waals surface area contributed by atoms with E-state index in [4.69, 9.17) is 5.73 Å². The number of carbonyl (C=O) groups is 1. The number of hydrogen-bond donors (Lipinski definition) is 3. The minimum atomic E-state index is -0.475. The predicted molar refractivity (Wildman–Crippen MR) is 59.1 cm³/mol. The molecule has 0 atom stereocenters. The molecule has 0 heterocycles. The van der Waals surface area contributed by atoms with E-state index in [1.807, 2.05) is 20.8 Å². The molecular weight excluding hydrogens is 178 g/mol. The molecule has 4 N–H and O–H groups in total. The molecule has 1 amide bonds. The van der Waals surface area contributed by atoms with E-state index in [-0.39, 0.29) is 5.91 Å². The second kappa shape index (κ2) is 6.79. The van der Waals surface area contributed by atoms with E-state index in [0.717, 1.165) is 19.4 Å². The van der Waals surface area contributed by atoms with Gasteiger partial charge in [0, 0.05) is 6.54 Å². The zero-order chi connectivity index (χ0) is 11.0. The summed E-state index contributed by atoms with van der Waals surface area (Å²) in [5.41, 5.74) is 4.88. The van der Waals surface area contributed by atoms with Crippen LogP contribution in [0.15, 0.2) is 0 Å². The number of amides is 1. The van der Waals surface area contributed by atoms with E-state index >= 15 is 0 Å². The Morgan fingerprint density at radius 3 is 2.50 bits per heavy atom. The molecule has 0 radical (unpaired) electrons. The zero-order valence-corrected chi connectivity index (χ0v) is 9.52. The van der Waals surface area contributed by atoms with Crippen LogP contribution in [-0.2, 0) is 4.79 Å². The lowest BCUT2D eigenvalue weighted by Gasteiger charge is -2.24. The minimum absolute atomic E-state index is 0.0522. The third-order valence-corrected chi connectivity index (χ3v) is 2.10. The Kier molecular flexibility index (Phi) is 6.49. The van der Waals surface area contributed by atoms with Crippen molar-refractivity contribution < 1.29 is 4.79 Å². The van der Waals surface area contributed by atoms with E-state index in [9.17, 15) is 4.79 Å². The summed E-state index contributed by atoms with van der Waals surface area (Å²) < 4.78 is 0. The maximum Gasteiger partial charge on any atom is 0.239 e. The van der Waals surface area contributed by atoms with Gasteiger partial charge in [-0.1, -0.05) is 6.92 Å². The van der Waals surface area contributed by atoms with Crippen LogP contribution >= 0.6 is 0 Å². The summed E-state index contributed by atoms with van der Waals surface area (Å²) in [6, 6.07) is 0. The standard InChI is InChI=1S/C10H23N3O/c1-4-13-10(2,3)9(14)12-8-6-5-7-11/h13H,4-8,11H2,1-3H3,(H,12,14). The lowest BCUT2D eigenvalue weighted by atomic mass is 10.0. The first kappa shape index (κ1) is 13.4. The summed E-state index contributed by atoms with van der Waals surface area (Å²) in [7, 11) is 0. The molecule has 0 spiro atoms. The fourth-order valence-corrected chi connectivity index (χ4v) is 1.21. The monoisotopic (exact) mass is 201 g/mol. The molecule has 0 bridgehead atoms. The first-order chi connectivity index (χ1) is 6.54. The Morgan fingerprint density at radius 2 is 2.00 bits per heavy atom. The molecule has 0 aromatic heterocycles. The van der Waals surface area contributed by atoms with E-state index < -0.39 is 5.54 Å². The number of likely N-dealkylation sites (N-methyl/N-ethyl adjacent to an activating group) is 1. The van der Waals surface area contributed by atoms with Gasteiger partial charge >= 0.3 is 0 Å². The molecule has 0 aliphatic rings. The molecule has 4 heteroatoms. The topological polar surface area (TPSA) is 67.2 Å². The van der Waals surface area contributed by atoms with Gasteiger partial charge < -0.3 is 16.4 Å². The quantitative estimate of drug-likeness (QED) is 0.517. The fraction of sp³-hybridized carbons (Fsp3) is 0.900. The Balaban J connectivity index is 3.71. The highest BCUT2D eigenvalue weighted by Crippen LogP contribution is 2.01. The number of nitrogens with one attached hydrogen (secondary N) is 2. The summed E-state index contributed by atoms with van der Waals surface area (Å²) >= 11 is 0. The van der Waals surface area contributed by atoms with Crippen molar-refractivity contribution in [2.45, 2.75) is 39.2 Å². The number of unbranched alkanes of at least 4 members (excludes halogenated alkanes) is 1. The van der Waals surface area contributed by atoms with Gasteiger partial charge in [0.15, 0.2) is 0 Å². The average Bonchev–Trinajstić information content (AvgIpc) is 2.12. The molecule has 0 aromatic carbocycles. The Bertz CT molecular complexity index is 169. The van der Waals surface area contributed by atoms with Crippen LogP contribution in [0.4, 0.5) is 0 Å². The van der Waals surface area contributed by atoms with Crippen LogP contribution in [0.3, 0.4) is 0 Å². The highest BCUT2D eigenvalue weighted by molar-refractivity contribution is 5.85. The summed E-state index contributed by atoms with van der Waals surface area (Å²) in [6.45, 7) is 7.95. The Labute approximate surface area is 86.6 Å². The van der Waals surface area contributed by atoms with Crippen LogP contribution in [0, 0.1) is 0 Å². The molecule has 0 aliphatic carbocycles. The fourth-order valence-electron chi connectivity index (χ4n) is 1.21. The highest BCUT2D eigenvalue weighted by Gasteiger charge is 2.25. The Morgan fingerprint density at radius 1 is 1.36 bits per heavy atom. The van der Waals surface area contributed by atoms with Gasteiger partial charge in [0.05, 0.1) is 5.54 Å². The average molecular weight is 201 g/mol. The molecule has 0 saturated heterocycles. The lowest BCUT2D eigenvalue weighted by Crippen LogP contribution is -2.52. The van der Waals surface area contributed by atoms with Gasteiger partial charge in [0.25, 0.3) is 0 Å². The van der Waals surface area contributed by atoms with E-state index in [0.29, 0.717) is 13.1 Å². The van der Waals surface area contributed by atoms with Crippen LogP contribution in [0.1, 0.15) is 33.6 Å². The molecule has 14 heavy (non-hydrogen) atoms. The van der Waals surface area contributed by atoms with Gasteiger partial charge in [-0.3, -0.25) is 4.79 Å². The molecule has 0 fully saturated rings. The van der Waals surface area contributed by atoms with Gasteiger partial charge in [0.1, 0.15) is 0 Å². The molecular formula is C10H23N3O. The first-order valence-electron chi connectivity index (χ1n) is 5.28. The van der Waals surface area contributed by atoms with Crippen molar-refractivity contribution in [3.8, 4) is 0 Å². The number of carbonyl (C=O) groups excluding carboxylic acids is 1. The van der Waals surface area contributed by atoms with Gasteiger partial charge in [-0.25, -0.2) is 0 Å². The van der Waals surface area contributed by atoms with Gasteiger partial charge in [-0.15, -0.1) is 0 Å². The summed E-state index contributed by atoms with van der Waals surface area (Å²) in [6.07, 6.45) is 1.91. The zero-order valence-electron chi connectivity index (χ0n) is 9.52. The van der Waals surface area contributed by atoms with Gasteiger partial charge in [-0.05, 0) is 39.8 Å². The highest BCUT2D eigenvalue weighted by atomic mass is 16.2. The van der Waals surface area contributed by atoms with Crippen molar-refractivity contribution in [2.75, 3.05) is 19.6 Å². The van der Waals surface area contributed by atoms with Crippen molar-refractivity contribution in [1.82, 2.24) is 10.6 Å². The SMILES string of the molecule is CCNC(C)(C)C(=O)NCCCCN. The third kappa shape index (κ3) is 5.19. The van der Waals surface area contributed by atoms with E-state index in [2.05, 4.69) is 10.6 Å². The molecule has 0 rings (SSSR count). The molecule has 84 valence electrons. The second-order valence-corrected chi connectivity index (χ2v) is 3.91. The van der Waals surface area contributed by atoms with Crippen LogP contribution in [0.2, 0.25) is 0 Å². The molecule has 0 aromatic rings. The molecule has 0 unspecified atom stereocenters. The second-order valence-electron chi connectivity index (χ2n) is 3.91. The summed E-state index contributed by atoms with van der Waals surface area (Å²) in [5.74, 6) is 0.0522. The van der Waals surface area contributed by atoms with Crippen molar-refractivity contribution in [1.29, 1.82) is 0 Å². The number of rotatable bonds is 7. The van der Waals surface area contributed by atoms with Crippen LogP contribution in [0.25, 0.3) is 0 Å². The first-order valence-corrected chi connectivity index (χ1v) is 5.28. The van der Waals surface area contributed by atoms with Crippen LogP contribution in [0.5, 0.6) is 0 Å². The third-order valence-electron chi connectivity index (χ3n) is 2.10. The minimum Gasteiger partial charge on any atom is -0.355 e. The smallest absolute Gasteiger partial charge is 0.239 e. The van der Waals surface area contributed by atoms with Crippen molar-refractivity contribution >= 4 is 5.91 Å². The largest absolute Gasteiger partial charge is 0.355 e. The van der Waals surface area contributed by atoms with Gasteiger partial charge in [-0.2, -0.15) is 0 Å². The van der Waals surface area contributed by atoms with Crippen molar-refractivity contribution in [2.24, 2.45) is 5.73 Å². The summed E-state index contributed by atoms with van der Waals surface area (Å²) in [5, 5.41) is 6.01. The maximum atomic E-state index is 11.6. The van der Waals surface area contributed by atoms with E-state index in [1.54, 1.807) is 0 Å².